The van der Waals surface area contributed by atoms with E-state index in [2.05, 4.69) is 26.1 Å². The number of benzene rings is 2. The fourth-order valence-corrected chi connectivity index (χ4v) is 2.71. The molecule has 0 heterocycles. The van der Waals surface area contributed by atoms with Crippen molar-refractivity contribution in [1.82, 2.24) is 5.32 Å². The van der Waals surface area contributed by atoms with E-state index >= 15 is 0 Å². The highest BCUT2D eigenvalue weighted by Gasteiger charge is 2.24. The van der Waals surface area contributed by atoms with E-state index in [1.165, 1.54) is 31.4 Å². The van der Waals surface area contributed by atoms with Crippen molar-refractivity contribution in [2.75, 3.05) is 7.11 Å². The largest absolute Gasteiger partial charge is 0.467 e. The van der Waals surface area contributed by atoms with Gasteiger partial charge in [-0.05, 0) is 22.6 Å². The molecule has 0 spiro atoms. The molecule has 2 aromatic carbocycles. The first kappa shape index (κ1) is 21.1. The number of hydrogen-bond donors (Lipinski definition) is 1. The van der Waals surface area contributed by atoms with E-state index in [4.69, 9.17) is 4.74 Å². The topological polar surface area (TPSA) is 98.5 Å². The molecule has 148 valence electrons. The lowest BCUT2D eigenvalue weighted by Gasteiger charge is -2.20. The van der Waals surface area contributed by atoms with Gasteiger partial charge in [-0.2, -0.15) is 0 Å². The number of esters is 1. The lowest BCUT2D eigenvalue weighted by Crippen LogP contribution is -2.43. The zero-order valence-corrected chi connectivity index (χ0v) is 16.4. The third kappa shape index (κ3) is 5.39. The standard InChI is InChI=1S/C21H24N2O5/c1-21(2,3)16-10-8-14(9-11-16)12-18(20(25)28-4)22-19(24)15-6-5-7-17(13-15)23(26)27/h5-11,13,18H,12H2,1-4H3,(H,22,24)/t18-/m1/s1. The Labute approximate surface area is 163 Å². The molecular formula is C21H24N2O5. The number of amides is 1. The van der Waals surface area contributed by atoms with E-state index < -0.39 is 22.8 Å². The average molecular weight is 384 g/mol. The van der Waals surface area contributed by atoms with Crippen LogP contribution in [-0.4, -0.2) is 30.0 Å². The molecule has 0 aromatic heterocycles. The number of nitrogens with zero attached hydrogens (tertiary/aromatic N) is 1. The summed E-state index contributed by atoms with van der Waals surface area (Å²) in [5.41, 5.74) is 1.94. The van der Waals surface area contributed by atoms with Crippen LogP contribution >= 0.6 is 0 Å². The summed E-state index contributed by atoms with van der Waals surface area (Å²) in [5.74, 6) is -1.16. The number of nitro benzene ring substituents is 1. The summed E-state index contributed by atoms with van der Waals surface area (Å²) in [5, 5.41) is 13.5. The lowest BCUT2D eigenvalue weighted by atomic mass is 9.86. The van der Waals surface area contributed by atoms with E-state index in [1.54, 1.807) is 0 Å². The van der Waals surface area contributed by atoms with Crippen LogP contribution in [0.15, 0.2) is 48.5 Å². The SMILES string of the molecule is COC(=O)[C@@H](Cc1ccc(C(C)(C)C)cc1)NC(=O)c1cccc([N+](=O)[O-])c1. The number of carbonyl (C=O) groups is 2. The minimum absolute atomic E-state index is 0.0104. The first-order valence-corrected chi connectivity index (χ1v) is 8.84. The summed E-state index contributed by atoms with van der Waals surface area (Å²) in [6.07, 6.45) is 0.248. The predicted octanol–water partition coefficient (Wildman–Crippen LogP) is 3.41. The number of methoxy groups -OCH3 is 1. The van der Waals surface area contributed by atoms with Crippen LogP contribution in [0.1, 0.15) is 42.3 Å². The van der Waals surface area contributed by atoms with Gasteiger partial charge in [-0.15, -0.1) is 0 Å². The number of rotatable bonds is 6. The van der Waals surface area contributed by atoms with Gasteiger partial charge < -0.3 is 10.1 Å². The fourth-order valence-electron chi connectivity index (χ4n) is 2.71. The van der Waals surface area contributed by atoms with Crippen LogP contribution in [0.3, 0.4) is 0 Å². The molecule has 0 fully saturated rings. The molecule has 1 atom stereocenters. The normalized spacial score (nSPS) is 12.1. The molecule has 0 saturated carbocycles. The van der Waals surface area contributed by atoms with Crippen LogP contribution in [0.5, 0.6) is 0 Å². The highest BCUT2D eigenvalue weighted by Crippen LogP contribution is 2.22. The molecule has 0 unspecified atom stereocenters. The van der Waals surface area contributed by atoms with Gasteiger partial charge in [-0.25, -0.2) is 4.79 Å². The van der Waals surface area contributed by atoms with E-state index in [9.17, 15) is 19.7 Å². The molecule has 0 saturated heterocycles. The third-order valence-electron chi connectivity index (χ3n) is 4.37. The maximum absolute atomic E-state index is 12.5. The number of nitro groups is 1. The van der Waals surface area contributed by atoms with Gasteiger partial charge in [-0.1, -0.05) is 51.1 Å². The molecule has 0 bridgehead atoms. The first-order chi connectivity index (χ1) is 13.1. The molecular weight excluding hydrogens is 360 g/mol. The van der Waals surface area contributed by atoms with Gasteiger partial charge in [0.1, 0.15) is 6.04 Å². The van der Waals surface area contributed by atoms with Crippen molar-refractivity contribution in [3.05, 3.63) is 75.3 Å². The zero-order valence-electron chi connectivity index (χ0n) is 16.4. The van der Waals surface area contributed by atoms with Gasteiger partial charge in [0.2, 0.25) is 0 Å². The smallest absolute Gasteiger partial charge is 0.328 e. The van der Waals surface area contributed by atoms with Crippen molar-refractivity contribution < 1.29 is 19.2 Å². The van der Waals surface area contributed by atoms with Crippen molar-refractivity contribution in [2.24, 2.45) is 0 Å². The second-order valence-corrected chi connectivity index (χ2v) is 7.51. The zero-order chi connectivity index (χ0) is 20.9. The van der Waals surface area contributed by atoms with Crippen LogP contribution < -0.4 is 5.32 Å². The Bertz CT molecular complexity index is 869. The number of ether oxygens (including phenoxy) is 1. The Morgan fingerprint density at radius 2 is 1.79 bits per heavy atom. The van der Waals surface area contributed by atoms with Crippen molar-refractivity contribution in [2.45, 2.75) is 38.6 Å². The van der Waals surface area contributed by atoms with Gasteiger partial charge in [0, 0.05) is 24.1 Å². The Balaban J connectivity index is 2.18. The molecule has 7 heteroatoms. The highest BCUT2D eigenvalue weighted by atomic mass is 16.6. The van der Waals surface area contributed by atoms with Crippen LogP contribution in [-0.2, 0) is 21.4 Å². The Kier molecular flexibility index (Phi) is 6.51. The van der Waals surface area contributed by atoms with Crippen molar-refractivity contribution in [3.8, 4) is 0 Å². The number of carbonyl (C=O) groups excluding carboxylic acids is 2. The van der Waals surface area contributed by atoms with Crippen LogP contribution in [0.4, 0.5) is 5.69 Å². The summed E-state index contributed by atoms with van der Waals surface area (Å²) in [4.78, 5) is 34.9. The van der Waals surface area contributed by atoms with Gasteiger partial charge in [0.15, 0.2) is 0 Å². The van der Waals surface area contributed by atoms with Crippen molar-refractivity contribution >= 4 is 17.6 Å². The molecule has 0 radical (unpaired) electrons. The summed E-state index contributed by atoms with van der Waals surface area (Å²) in [6, 6.07) is 12.2. The number of non-ortho nitro benzene ring substituents is 1. The monoisotopic (exact) mass is 384 g/mol. The molecule has 7 nitrogen and oxygen atoms in total. The summed E-state index contributed by atoms with van der Waals surface area (Å²) in [7, 11) is 1.25. The van der Waals surface area contributed by atoms with E-state index in [0.29, 0.717) is 0 Å². The van der Waals surface area contributed by atoms with E-state index in [-0.39, 0.29) is 23.1 Å². The summed E-state index contributed by atoms with van der Waals surface area (Å²) < 4.78 is 4.80. The highest BCUT2D eigenvalue weighted by molar-refractivity contribution is 5.97. The quantitative estimate of drug-likeness (QED) is 0.467. The second kappa shape index (κ2) is 8.65. The number of nitrogens with one attached hydrogen (secondary N) is 1. The minimum Gasteiger partial charge on any atom is -0.467 e. The van der Waals surface area contributed by atoms with Crippen molar-refractivity contribution in [1.29, 1.82) is 0 Å². The Hall–Kier alpha value is -3.22. The van der Waals surface area contributed by atoms with Gasteiger partial charge >= 0.3 is 5.97 Å². The second-order valence-electron chi connectivity index (χ2n) is 7.51. The van der Waals surface area contributed by atoms with Crippen LogP contribution in [0.25, 0.3) is 0 Å². The molecule has 1 N–H and O–H groups in total. The molecule has 0 aliphatic rings. The lowest BCUT2D eigenvalue weighted by molar-refractivity contribution is -0.384. The first-order valence-electron chi connectivity index (χ1n) is 8.84. The average Bonchev–Trinajstić information content (AvgIpc) is 2.66. The Morgan fingerprint density at radius 3 is 2.32 bits per heavy atom. The number of hydrogen-bond acceptors (Lipinski definition) is 5. The maximum Gasteiger partial charge on any atom is 0.328 e. The van der Waals surface area contributed by atoms with Crippen LogP contribution in [0.2, 0.25) is 0 Å². The maximum atomic E-state index is 12.5. The Morgan fingerprint density at radius 1 is 1.14 bits per heavy atom. The van der Waals surface area contributed by atoms with Crippen molar-refractivity contribution in [3.63, 3.8) is 0 Å². The van der Waals surface area contributed by atoms with E-state index in [0.717, 1.165) is 11.1 Å². The fraction of sp³-hybridized carbons (Fsp3) is 0.333. The van der Waals surface area contributed by atoms with Gasteiger partial charge in [-0.3, -0.25) is 14.9 Å². The predicted molar refractivity (Wildman–Crippen MR) is 105 cm³/mol. The third-order valence-corrected chi connectivity index (χ3v) is 4.37. The molecule has 28 heavy (non-hydrogen) atoms. The minimum atomic E-state index is -0.905. The van der Waals surface area contributed by atoms with Gasteiger partial charge in [0.25, 0.3) is 11.6 Å². The molecule has 1 amide bonds. The van der Waals surface area contributed by atoms with E-state index in [1.807, 2.05) is 24.3 Å². The summed E-state index contributed by atoms with van der Waals surface area (Å²) >= 11 is 0. The molecule has 2 rings (SSSR count). The molecule has 2 aromatic rings. The summed E-state index contributed by atoms with van der Waals surface area (Å²) in [6.45, 7) is 6.33. The van der Waals surface area contributed by atoms with Gasteiger partial charge in [0.05, 0.1) is 12.0 Å². The molecule has 0 aliphatic carbocycles. The van der Waals surface area contributed by atoms with Crippen LogP contribution in [0, 0.1) is 10.1 Å². The molecule has 0 aliphatic heterocycles.